The third kappa shape index (κ3) is 6.52. The minimum atomic E-state index is 0. The van der Waals surface area contributed by atoms with Crippen LogP contribution in [0.3, 0.4) is 0 Å². The van der Waals surface area contributed by atoms with Crippen molar-refractivity contribution in [1.82, 2.24) is 9.97 Å². The van der Waals surface area contributed by atoms with Crippen LogP contribution in [0.2, 0.25) is 0 Å². The zero-order valence-corrected chi connectivity index (χ0v) is 25.3. The van der Waals surface area contributed by atoms with E-state index in [0.29, 0.717) is 0 Å². The number of hydrogen-bond donors (Lipinski definition) is 0. The van der Waals surface area contributed by atoms with E-state index in [1.165, 1.54) is 16.7 Å². The molecule has 0 atom stereocenters. The second kappa shape index (κ2) is 12.9. The maximum absolute atomic E-state index is 6.08. The summed E-state index contributed by atoms with van der Waals surface area (Å²) in [6.07, 6.45) is 4.62. The molecule has 0 unspecified atom stereocenters. The van der Waals surface area contributed by atoms with E-state index < -0.39 is 0 Å². The smallest absolute Gasteiger partial charge is 0.121 e. The van der Waals surface area contributed by atoms with Crippen LogP contribution >= 0.6 is 0 Å². The minimum absolute atomic E-state index is 0. The van der Waals surface area contributed by atoms with Gasteiger partial charge in [-0.15, -0.1) is 53.6 Å². The van der Waals surface area contributed by atoms with Gasteiger partial charge in [-0.25, -0.2) is 0 Å². The Morgan fingerprint density at radius 1 is 0.659 bits per heavy atom. The fraction of sp³-hybridized carbons (Fsp3) is 0.0811. The number of rotatable bonds is 4. The zero-order valence-electron chi connectivity index (χ0n) is 22.9. The molecule has 7 aromatic rings. The van der Waals surface area contributed by atoms with Gasteiger partial charge < -0.3 is 14.4 Å². The van der Waals surface area contributed by atoms with Crippen LogP contribution in [-0.2, 0) is 26.5 Å². The maximum atomic E-state index is 6.08. The molecule has 203 valence electrons. The monoisotopic (exact) mass is 709 g/mol. The predicted octanol–water partition coefficient (Wildman–Crippen LogP) is 9.20. The van der Waals surface area contributed by atoms with Crippen LogP contribution < -0.4 is 0 Å². The Hall–Kier alpha value is -4.37. The van der Waals surface area contributed by atoms with Crippen LogP contribution in [0.5, 0.6) is 0 Å². The summed E-state index contributed by atoms with van der Waals surface area (Å²) < 4.78 is 6.08. The van der Waals surface area contributed by atoms with Gasteiger partial charge in [-0.2, -0.15) is 0 Å². The summed E-state index contributed by atoms with van der Waals surface area (Å²) in [6, 6.07) is 43.5. The molecule has 41 heavy (non-hydrogen) atoms. The molecular weight excluding hydrogens is 681 g/mol. The Balaban J connectivity index is 0.000000162. The third-order valence-electron chi connectivity index (χ3n) is 6.81. The van der Waals surface area contributed by atoms with Gasteiger partial charge in [0.2, 0.25) is 0 Å². The largest absolute Gasteiger partial charge is 0.501 e. The number of hydrogen-bond acceptors (Lipinski definition) is 3. The Morgan fingerprint density at radius 2 is 1.46 bits per heavy atom. The van der Waals surface area contributed by atoms with Crippen molar-refractivity contribution >= 4 is 21.9 Å². The number of nitrogens with zero attached hydrogens (tertiary/aromatic N) is 2. The molecule has 0 saturated heterocycles. The summed E-state index contributed by atoms with van der Waals surface area (Å²) in [6.45, 7) is 4.10. The van der Waals surface area contributed by atoms with Gasteiger partial charge in [-0.05, 0) is 60.5 Å². The van der Waals surface area contributed by atoms with Gasteiger partial charge in [-0.1, -0.05) is 77.7 Å². The topological polar surface area (TPSA) is 38.9 Å². The molecule has 4 aromatic carbocycles. The number of aromatic nitrogens is 2. The van der Waals surface area contributed by atoms with Gasteiger partial charge in [0.1, 0.15) is 5.58 Å². The molecule has 1 radical (unpaired) electrons. The van der Waals surface area contributed by atoms with Crippen LogP contribution in [0.1, 0.15) is 22.3 Å². The summed E-state index contributed by atoms with van der Waals surface area (Å²) in [7, 11) is 0. The molecule has 0 bridgehead atoms. The average Bonchev–Trinajstić information content (AvgIpc) is 3.37. The van der Waals surface area contributed by atoms with E-state index in [9.17, 15) is 0 Å². The molecule has 0 saturated carbocycles. The molecule has 7 rings (SSSR count). The molecule has 0 N–H and O–H groups in total. The first-order valence-corrected chi connectivity index (χ1v) is 13.4. The summed E-state index contributed by atoms with van der Waals surface area (Å²) >= 11 is 0. The van der Waals surface area contributed by atoms with E-state index in [0.717, 1.165) is 56.4 Å². The molecule has 3 nitrogen and oxygen atoms in total. The minimum Gasteiger partial charge on any atom is -0.501 e. The first kappa shape index (κ1) is 28.2. The number of fused-ring (bicyclic) bond motifs is 3. The van der Waals surface area contributed by atoms with E-state index in [-0.39, 0.29) is 20.1 Å². The Labute approximate surface area is 254 Å². The van der Waals surface area contributed by atoms with Gasteiger partial charge in [0, 0.05) is 37.9 Å². The molecule has 0 aliphatic rings. The number of aryl methyl sites for hydroxylation is 2. The van der Waals surface area contributed by atoms with Crippen LogP contribution in [-0.4, -0.2) is 9.97 Å². The predicted molar refractivity (Wildman–Crippen MR) is 163 cm³/mol. The first-order valence-electron chi connectivity index (χ1n) is 13.4. The Bertz CT molecular complexity index is 1880. The van der Waals surface area contributed by atoms with E-state index in [2.05, 4.69) is 89.7 Å². The van der Waals surface area contributed by atoms with Gasteiger partial charge >= 0.3 is 0 Å². The van der Waals surface area contributed by atoms with Gasteiger partial charge in [0.15, 0.2) is 0 Å². The second-order valence-electron chi connectivity index (χ2n) is 9.91. The van der Waals surface area contributed by atoms with E-state index >= 15 is 0 Å². The summed E-state index contributed by atoms with van der Waals surface area (Å²) in [5.74, 6) is 0. The molecular formula is C37H28IrN2O-2. The van der Waals surface area contributed by atoms with Crippen molar-refractivity contribution in [3.63, 3.8) is 0 Å². The quantitative estimate of drug-likeness (QED) is 0.171. The normalized spacial score (nSPS) is 10.6. The van der Waals surface area contributed by atoms with E-state index in [1.54, 1.807) is 0 Å². The molecule has 3 heterocycles. The third-order valence-corrected chi connectivity index (χ3v) is 6.81. The van der Waals surface area contributed by atoms with E-state index in [1.807, 2.05) is 67.8 Å². The summed E-state index contributed by atoms with van der Waals surface area (Å²) in [5, 5.41) is 2.25. The zero-order chi connectivity index (χ0) is 27.3. The summed E-state index contributed by atoms with van der Waals surface area (Å²) in [5.41, 5.74) is 10.5. The molecule has 0 amide bonds. The number of pyridine rings is 2. The molecule has 3 aromatic heterocycles. The molecule has 0 spiro atoms. The van der Waals surface area contributed by atoms with Crippen molar-refractivity contribution in [1.29, 1.82) is 0 Å². The van der Waals surface area contributed by atoms with Crippen LogP contribution in [0, 0.1) is 26.0 Å². The van der Waals surface area contributed by atoms with Crippen LogP contribution in [0.25, 0.3) is 44.5 Å². The van der Waals surface area contributed by atoms with Gasteiger partial charge in [0.05, 0.1) is 5.58 Å². The Kier molecular flexibility index (Phi) is 8.84. The SMILES string of the molecule is Cc1ccc(-c2[c-]ccc3c2oc2cc(C)ccc23)nc1.[Ir].[c-]1ccc(Cc2ccccc2)cc1-c1ccccn1. The van der Waals surface area contributed by atoms with Crippen molar-refractivity contribution in [2.45, 2.75) is 20.3 Å². The van der Waals surface area contributed by atoms with Crippen LogP contribution in [0.4, 0.5) is 0 Å². The summed E-state index contributed by atoms with van der Waals surface area (Å²) in [4.78, 5) is 8.86. The molecule has 0 aliphatic heterocycles. The van der Waals surface area contributed by atoms with Gasteiger partial charge in [-0.3, -0.25) is 0 Å². The maximum Gasteiger partial charge on any atom is 0.121 e. The molecule has 0 fully saturated rings. The first-order chi connectivity index (χ1) is 19.6. The average molecular weight is 709 g/mol. The van der Waals surface area contributed by atoms with E-state index in [4.69, 9.17) is 4.42 Å². The molecule has 0 aliphatic carbocycles. The van der Waals surface area contributed by atoms with Crippen molar-refractivity contribution in [2.24, 2.45) is 0 Å². The Morgan fingerprint density at radius 3 is 2.24 bits per heavy atom. The van der Waals surface area contributed by atoms with Gasteiger partial charge in [0.25, 0.3) is 0 Å². The van der Waals surface area contributed by atoms with Crippen LogP contribution in [0.15, 0.2) is 126 Å². The molecule has 4 heteroatoms. The number of benzene rings is 4. The standard InChI is InChI=1S/C19H14NO.C18H14N.Ir/c1-12-6-8-14-15-4-3-5-16(19(15)21-18(14)10-12)17-9-7-13(2)11-20-17;1-2-7-15(8-3-1)13-16-9-6-10-17(14-16)18-11-4-5-12-19-18;/h3-4,6-11H,1-2H3;1-9,11-12,14H,13H2;/q2*-1;. The van der Waals surface area contributed by atoms with Crippen molar-refractivity contribution < 1.29 is 24.5 Å². The van der Waals surface area contributed by atoms with Crippen molar-refractivity contribution in [3.05, 3.63) is 156 Å². The number of furan rings is 1. The second-order valence-corrected chi connectivity index (χ2v) is 9.91. The fourth-order valence-corrected chi connectivity index (χ4v) is 4.78. The fourth-order valence-electron chi connectivity index (χ4n) is 4.78. The van der Waals surface area contributed by atoms with Crippen molar-refractivity contribution in [2.75, 3.05) is 0 Å². The van der Waals surface area contributed by atoms with Crippen molar-refractivity contribution in [3.8, 4) is 22.5 Å².